The van der Waals surface area contributed by atoms with E-state index in [9.17, 15) is 4.79 Å². The lowest BCUT2D eigenvalue weighted by atomic mass is 9.84. The Morgan fingerprint density at radius 1 is 1.05 bits per heavy atom. The zero-order chi connectivity index (χ0) is 15.4. The van der Waals surface area contributed by atoms with E-state index in [2.05, 4.69) is 50.1 Å². The Balaban J connectivity index is 1.81. The fourth-order valence-corrected chi connectivity index (χ4v) is 3.81. The molecule has 2 heterocycles. The number of ether oxygens (including phenoxy) is 2. The summed E-state index contributed by atoms with van der Waals surface area (Å²) in [4.78, 5) is 11.7. The van der Waals surface area contributed by atoms with Crippen LogP contribution < -0.4 is 0 Å². The number of halogens is 2. The monoisotopic (exact) mass is 422 g/mol. The maximum atomic E-state index is 11.7. The van der Waals surface area contributed by atoms with Gasteiger partial charge in [0.15, 0.2) is 0 Å². The topological polar surface area (TPSA) is 35.5 Å². The average molecular weight is 424 g/mol. The highest BCUT2D eigenvalue weighted by Gasteiger charge is 2.43. The zero-order valence-corrected chi connectivity index (χ0v) is 14.8. The Bertz CT molecular complexity index is 785. The number of carbonyl (C=O) groups is 1. The van der Waals surface area contributed by atoms with E-state index in [1.54, 1.807) is 6.07 Å². The van der Waals surface area contributed by atoms with Crippen LogP contribution in [0, 0.1) is 0 Å². The van der Waals surface area contributed by atoms with Gasteiger partial charge in [-0.25, -0.2) is 4.79 Å². The van der Waals surface area contributed by atoms with E-state index in [0.717, 1.165) is 16.7 Å². The second-order valence-corrected chi connectivity index (χ2v) is 8.48. The molecule has 2 aromatic carbocycles. The third-order valence-corrected chi connectivity index (χ3v) is 5.33. The number of rotatable bonds is 2. The molecule has 0 radical (unpaired) electrons. The van der Waals surface area contributed by atoms with E-state index in [4.69, 9.17) is 9.47 Å². The molecule has 0 spiro atoms. The van der Waals surface area contributed by atoms with Crippen molar-refractivity contribution in [3.8, 4) is 0 Å². The van der Waals surface area contributed by atoms with E-state index < -0.39 is 0 Å². The summed E-state index contributed by atoms with van der Waals surface area (Å²) in [6.45, 7) is 0. The number of methoxy groups -OCH3 is 1. The summed E-state index contributed by atoms with van der Waals surface area (Å²) in [7, 11) is 1.39. The third kappa shape index (κ3) is 1.99. The first-order valence-corrected chi connectivity index (χ1v) is 8.73. The third-order valence-electron chi connectivity index (χ3n) is 4.27. The van der Waals surface area contributed by atoms with Crippen LogP contribution >= 0.6 is 31.9 Å². The van der Waals surface area contributed by atoms with Crippen molar-refractivity contribution in [3.05, 3.63) is 69.8 Å². The molecule has 0 fully saturated rings. The molecule has 2 aliphatic rings. The Morgan fingerprint density at radius 2 is 1.68 bits per heavy atom. The van der Waals surface area contributed by atoms with Gasteiger partial charge in [-0.1, -0.05) is 56.1 Å². The minimum atomic E-state index is -0.319. The van der Waals surface area contributed by atoms with Gasteiger partial charge in [-0.3, -0.25) is 0 Å². The molecule has 22 heavy (non-hydrogen) atoms. The van der Waals surface area contributed by atoms with Crippen LogP contribution in [0.15, 0.2) is 36.4 Å². The second kappa shape index (κ2) is 5.18. The predicted octanol–water partition coefficient (Wildman–Crippen LogP) is 4.78. The molecule has 0 aromatic heterocycles. The molecule has 5 heteroatoms. The van der Waals surface area contributed by atoms with Gasteiger partial charge in [-0.05, 0) is 39.9 Å². The Hall–Kier alpha value is -1.17. The van der Waals surface area contributed by atoms with E-state index in [1.165, 1.54) is 18.2 Å². The van der Waals surface area contributed by atoms with Crippen molar-refractivity contribution in [1.82, 2.24) is 0 Å². The minimum Gasteiger partial charge on any atom is -0.465 e. The van der Waals surface area contributed by atoms with Gasteiger partial charge in [0.2, 0.25) is 0 Å². The molecule has 112 valence electrons. The minimum absolute atomic E-state index is 0.0279. The van der Waals surface area contributed by atoms with Gasteiger partial charge in [0, 0.05) is 0 Å². The molecular formula is C17H12Br2O3. The first-order chi connectivity index (χ1) is 10.6. The van der Waals surface area contributed by atoms with Crippen LogP contribution in [-0.2, 0) is 9.47 Å². The van der Waals surface area contributed by atoms with Gasteiger partial charge in [0.25, 0.3) is 0 Å². The lowest BCUT2D eigenvalue weighted by Crippen LogP contribution is -2.07. The van der Waals surface area contributed by atoms with E-state index in [0.29, 0.717) is 5.56 Å². The summed E-state index contributed by atoms with van der Waals surface area (Å²) in [6.07, 6.45) is -0.127. The molecular weight excluding hydrogens is 412 g/mol. The molecule has 2 aliphatic heterocycles. The number of hydrogen-bond donors (Lipinski definition) is 0. The highest BCUT2D eigenvalue weighted by molar-refractivity contribution is 9.24. The first-order valence-electron chi connectivity index (χ1n) is 6.89. The molecule has 2 unspecified atom stereocenters. The lowest BCUT2D eigenvalue weighted by molar-refractivity contribution is 0.0600. The highest BCUT2D eigenvalue weighted by atomic mass is 79.9. The van der Waals surface area contributed by atoms with Gasteiger partial charge in [0.1, 0.15) is 12.2 Å². The maximum Gasteiger partial charge on any atom is 0.337 e. The van der Waals surface area contributed by atoms with Crippen LogP contribution in [0.4, 0.5) is 0 Å². The van der Waals surface area contributed by atoms with Crippen LogP contribution in [0.3, 0.4) is 0 Å². The van der Waals surface area contributed by atoms with Crippen molar-refractivity contribution in [1.29, 1.82) is 0 Å². The molecule has 3 nitrogen and oxygen atoms in total. The van der Waals surface area contributed by atoms with E-state index >= 15 is 0 Å². The molecule has 2 aromatic rings. The van der Waals surface area contributed by atoms with Crippen LogP contribution in [0.5, 0.6) is 0 Å². The Labute approximate surface area is 144 Å². The Kier molecular flexibility index (Phi) is 3.40. The first kappa shape index (κ1) is 14.4. The number of esters is 1. The predicted molar refractivity (Wildman–Crippen MR) is 89.6 cm³/mol. The summed E-state index contributed by atoms with van der Waals surface area (Å²) in [6, 6.07) is 12.0. The van der Waals surface area contributed by atoms with Crippen molar-refractivity contribution in [2.24, 2.45) is 0 Å². The summed E-state index contributed by atoms with van der Waals surface area (Å²) >= 11 is 7.06. The molecule has 2 atom stereocenters. The molecule has 4 rings (SSSR count). The van der Waals surface area contributed by atoms with Crippen molar-refractivity contribution in [3.63, 3.8) is 0 Å². The Morgan fingerprint density at radius 3 is 2.36 bits per heavy atom. The molecule has 0 saturated heterocycles. The standard InChI is InChI=1S/C17H12Br2O3/c1-21-17(20)9-3-5-11-13(7-9)15-12-6-8(16(18)19)2-4-10(12)14(11)22-15/h2-7,14-16H,1H3. The largest absolute Gasteiger partial charge is 0.465 e. The van der Waals surface area contributed by atoms with Crippen molar-refractivity contribution in [2.45, 2.75) is 15.9 Å². The van der Waals surface area contributed by atoms with Crippen molar-refractivity contribution < 1.29 is 14.3 Å². The molecule has 0 amide bonds. The quantitative estimate of drug-likeness (QED) is 0.514. The summed E-state index contributed by atoms with van der Waals surface area (Å²) < 4.78 is 11.1. The highest BCUT2D eigenvalue weighted by Crippen LogP contribution is 2.54. The average Bonchev–Trinajstić information content (AvgIpc) is 3.10. The number of hydrogen-bond acceptors (Lipinski definition) is 3. The van der Waals surface area contributed by atoms with Crippen LogP contribution in [0.1, 0.15) is 54.1 Å². The van der Waals surface area contributed by atoms with E-state index in [1.807, 2.05) is 12.1 Å². The number of alkyl halides is 2. The maximum absolute atomic E-state index is 11.7. The molecule has 2 bridgehead atoms. The molecule has 0 saturated carbocycles. The summed E-state index contributed by atoms with van der Waals surface area (Å²) in [5.41, 5.74) is 6.33. The smallest absolute Gasteiger partial charge is 0.337 e. The molecule has 0 N–H and O–H groups in total. The zero-order valence-electron chi connectivity index (χ0n) is 11.7. The summed E-state index contributed by atoms with van der Waals surface area (Å²) in [5.74, 6) is -0.319. The van der Waals surface area contributed by atoms with Gasteiger partial charge in [-0.15, -0.1) is 0 Å². The number of fused-ring (bicyclic) bond motifs is 8. The van der Waals surface area contributed by atoms with Gasteiger partial charge in [-0.2, -0.15) is 0 Å². The summed E-state index contributed by atoms with van der Waals surface area (Å²) in [5, 5.41) is 0. The van der Waals surface area contributed by atoms with Crippen LogP contribution in [-0.4, -0.2) is 13.1 Å². The second-order valence-electron chi connectivity index (χ2n) is 5.42. The normalized spacial score (nSPS) is 20.9. The van der Waals surface area contributed by atoms with Gasteiger partial charge in [0.05, 0.1) is 16.4 Å². The fourth-order valence-electron chi connectivity index (χ4n) is 3.24. The lowest BCUT2D eigenvalue weighted by Gasteiger charge is -2.17. The SMILES string of the molecule is COC(=O)c1ccc2c(c1)C1OC2c2ccc(C(Br)Br)cc21. The van der Waals surface area contributed by atoms with Crippen LogP contribution in [0.2, 0.25) is 0 Å². The van der Waals surface area contributed by atoms with Crippen molar-refractivity contribution in [2.75, 3.05) is 7.11 Å². The van der Waals surface area contributed by atoms with Gasteiger partial charge < -0.3 is 9.47 Å². The van der Waals surface area contributed by atoms with E-state index in [-0.39, 0.29) is 21.9 Å². The number of benzene rings is 2. The van der Waals surface area contributed by atoms with Crippen LogP contribution in [0.25, 0.3) is 0 Å². The fraction of sp³-hybridized carbons (Fsp3) is 0.235. The molecule has 0 aliphatic carbocycles. The van der Waals surface area contributed by atoms with Gasteiger partial charge >= 0.3 is 5.97 Å². The van der Waals surface area contributed by atoms with Crippen molar-refractivity contribution >= 4 is 37.8 Å². The number of carbonyl (C=O) groups excluding carboxylic acids is 1.